The molecule has 184 valence electrons. The highest BCUT2D eigenvalue weighted by Crippen LogP contribution is 2.36. The first-order valence-corrected chi connectivity index (χ1v) is 11.2. The van der Waals surface area contributed by atoms with Crippen LogP contribution in [-0.2, 0) is 5.41 Å². The molecule has 0 aliphatic carbocycles. The Bertz CT molecular complexity index is 1280. The van der Waals surface area contributed by atoms with Gasteiger partial charge >= 0.3 is 6.02 Å². The van der Waals surface area contributed by atoms with Gasteiger partial charge in [-0.1, -0.05) is 18.2 Å². The van der Waals surface area contributed by atoms with E-state index in [2.05, 4.69) is 20.3 Å². The normalized spacial score (nSPS) is 15.1. The maximum atomic E-state index is 14.2. The summed E-state index contributed by atoms with van der Waals surface area (Å²) >= 11 is 0. The summed E-state index contributed by atoms with van der Waals surface area (Å²) in [6.07, 6.45) is 5.25. The zero-order valence-electron chi connectivity index (χ0n) is 19.2. The van der Waals surface area contributed by atoms with E-state index in [4.69, 9.17) is 15.7 Å². The molecule has 0 unspecified atom stereocenters. The van der Waals surface area contributed by atoms with Crippen LogP contribution in [0.5, 0.6) is 5.75 Å². The number of likely N-dealkylation sites (tertiary alicyclic amines) is 1. The van der Waals surface area contributed by atoms with Crippen LogP contribution in [0.2, 0.25) is 0 Å². The van der Waals surface area contributed by atoms with Gasteiger partial charge in [0.25, 0.3) is 5.91 Å². The van der Waals surface area contributed by atoms with Gasteiger partial charge in [-0.15, -0.1) is 4.99 Å². The van der Waals surface area contributed by atoms with Gasteiger partial charge in [0.1, 0.15) is 17.4 Å². The number of hydrogen-bond donors (Lipinski definition) is 2. The minimum absolute atomic E-state index is 0.0221. The number of rotatable bonds is 5. The summed E-state index contributed by atoms with van der Waals surface area (Å²) < 4.78 is 34.1. The molecule has 9 nitrogen and oxygen atoms in total. The number of anilines is 1. The molecular formula is C25H23F2N7O2. The number of halogens is 2. The smallest absolute Gasteiger partial charge is 0.308 e. The molecule has 2 heterocycles. The van der Waals surface area contributed by atoms with E-state index in [0.717, 1.165) is 6.07 Å². The lowest BCUT2D eigenvalue weighted by Crippen LogP contribution is -2.51. The maximum Gasteiger partial charge on any atom is 0.308 e. The SMILES string of the molecule is N#C/N=C(\Oc1ccccc1)N1CCC(CNC(=O)c2nccnc2N)(c2cc(F)cc(F)c2)CC1. The van der Waals surface area contributed by atoms with Crippen LogP contribution >= 0.6 is 0 Å². The number of ether oxygens (including phenoxy) is 1. The van der Waals surface area contributed by atoms with Gasteiger partial charge < -0.3 is 20.7 Å². The van der Waals surface area contributed by atoms with E-state index in [1.54, 1.807) is 35.4 Å². The highest BCUT2D eigenvalue weighted by Gasteiger charge is 2.39. The number of nitrogen functional groups attached to an aromatic ring is 1. The molecule has 3 N–H and O–H groups in total. The molecule has 0 atom stereocenters. The number of aromatic nitrogens is 2. The number of nitrogens with zero attached hydrogens (tertiary/aromatic N) is 5. The first kappa shape index (κ1) is 24.5. The maximum absolute atomic E-state index is 14.2. The molecule has 4 rings (SSSR count). The zero-order chi connectivity index (χ0) is 25.5. The van der Waals surface area contributed by atoms with Gasteiger partial charge in [0.15, 0.2) is 11.5 Å². The molecule has 2 aromatic carbocycles. The lowest BCUT2D eigenvalue weighted by atomic mass is 9.72. The Morgan fingerprint density at radius 2 is 1.81 bits per heavy atom. The summed E-state index contributed by atoms with van der Waals surface area (Å²) in [4.78, 5) is 26.2. The molecule has 1 fully saturated rings. The van der Waals surface area contributed by atoms with Gasteiger partial charge in [0.2, 0.25) is 6.19 Å². The van der Waals surface area contributed by atoms with Crippen LogP contribution in [0.1, 0.15) is 28.9 Å². The second kappa shape index (κ2) is 10.8. The fourth-order valence-electron chi connectivity index (χ4n) is 4.21. The summed E-state index contributed by atoms with van der Waals surface area (Å²) in [5.41, 5.74) is 5.33. The van der Waals surface area contributed by atoms with Crippen molar-refractivity contribution >= 4 is 17.7 Å². The highest BCUT2D eigenvalue weighted by atomic mass is 19.1. The number of para-hydroxylation sites is 1. The van der Waals surface area contributed by atoms with Crippen molar-refractivity contribution in [2.24, 2.45) is 4.99 Å². The van der Waals surface area contributed by atoms with E-state index in [9.17, 15) is 13.6 Å². The van der Waals surface area contributed by atoms with Crippen molar-refractivity contribution in [3.63, 3.8) is 0 Å². The molecule has 1 aromatic heterocycles. The molecule has 1 amide bonds. The number of carbonyl (C=O) groups excluding carboxylic acids is 1. The quantitative estimate of drug-likeness (QED) is 0.319. The van der Waals surface area contributed by atoms with Gasteiger partial charge in [-0.25, -0.2) is 18.7 Å². The van der Waals surface area contributed by atoms with Gasteiger partial charge in [-0.2, -0.15) is 5.26 Å². The summed E-state index contributed by atoms with van der Waals surface area (Å²) in [7, 11) is 0. The van der Waals surface area contributed by atoms with Crippen molar-refractivity contribution in [3.05, 3.63) is 83.8 Å². The van der Waals surface area contributed by atoms with E-state index in [0.29, 0.717) is 37.2 Å². The number of hydrogen-bond acceptors (Lipinski definition) is 7. The first-order valence-electron chi connectivity index (χ1n) is 11.2. The van der Waals surface area contributed by atoms with Crippen LogP contribution in [0.4, 0.5) is 14.6 Å². The number of benzene rings is 2. The minimum atomic E-state index is -0.809. The third-order valence-corrected chi connectivity index (χ3v) is 6.09. The fraction of sp³-hybridized carbons (Fsp3) is 0.240. The van der Waals surface area contributed by atoms with Gasteiger partial charge in [0, 0.05) is 43.5 Å². The second-order valence-corrected chi connectivity index (χ2v) is 8.31. The second-order valence-electron chi connectivity index (χ2n) is 8.31. The molecule has 0 radical (unpaired) electrons. The van der Waals surface area contributed by atoms with Crippen molar-refractivity contribution in [2.75, 3.05) is 25.4 Å². The Balaban J connectivity index is 1.56. The Hall–Kier alpha value is -4.59. The van der Waals surface area contributed by atoms with Crippen LogP contribution in [0, 0.1) is 23.1 Å². The molecule has 3 aromatic rings. The van der Waals surface area contributed by atoms with Crippen molar-refractivity contribution < 1.29 is 18.3 Å². The van der Waals surface area contributed by atoms with Crippen molar-refractivity contribution in [3.8, 4) is 11.9 Å². The topological polar surface area (TPSA) is 130 Å². The molecule has 11 heteroatoms. The average molecular weight is 492 g/mol. The van der Waals surface area contributed by atoms with Crippen molar-refractivity contribution in [2.45, 2.75) is 18.3 Å². The average Bonchev–Trinajstić information content (AvgIpc) is 2.88. The van der Waals surface area contributed by atoms with Gasteiger partial charge in [0.05, 0.1) is 0 Å². The molecule has 0 spiro atoms. The molecule has 36 heavy (non-hydrogen) atoms. The van der Waals surface area contributed by atoms with Crippen LogP contribution < -0.4 is 15.8 Å². The van der Waals surface area contributed by atoms with E-state index < -0.39 is 23.0 Å². The van der Waals surface area contributed by atoms with Crippen LogP contribution in [-0.4, -0.2) is 46.4 Å². The standard InChI is InChI=1S/C25H23F2N7O2/c26-18-12-17(13-19(27)14-18)25(15-32-23(35)21-22(29)31-9-8-30-21)6-10-34(11-7-25)24(33-16-28)36-20-4-2-1-3-5-20/h1-5,8-9,12-14H,6-7,10-11,15H2,(H2,29,31)(H,32,35)/b33-24-. The largest absolute Gasteiger partial charge is 0.425 e. The van der Waals surface area contributed by atoms with E-state index in [-0.39, 0.29) is 24.1 Å². The predicted molar refractivity (Wildman–Crippen MR) is 128 cm³/mol. The molecule has 1 saturated heterocycles. The molecular weight excluding hydrogens is 468 g/mol. The number of amides is 1. The number of aliphatic imine (C=N–C) groups is 1. The lowest BCUT2D eigenvalue weighted by molar-refractivity contribution is 0.0926. The van der Waals surface area contributed by atoms with Gasteiger partial charge in [-0.3, -0.25) is 4.79 Å². The Morgan fingerprint density at radius 1 is 1.14 bits per heavy atom. The van der Waals surface area contributed by atoms with Crippen LogP contribution in [0.3, 0.4) is 0 Å². The molecule has 1 aliphatic heterocycles. The van der Waals surface area contributed by atoms with E-state index >= 15 is 0 Å². The van der Waals surface area contributed by atoms with Crippen molar-refractivity contribution in [1.29, 1.82) is 5.26 Å². The first-order chi connectivity index (χ1) is 17.4. The monoisotopic (exact) mass is 491 g/mol. The fourth-order valence-corrected chi connectivity index (χ4v) is 4.21. The Kier molecular flexibility index (Phi) is 7.34. The van der Waals surface area contributed by atoms with E-state index in [1.165, 1.54) is 24.5 Å². The highest BCUT2D eigenvalue weighted by molar-refractivity contribution is 5.96. The third kappa shape index (κ3) is 5.55. The summed E-state index contributed by atoms with van der Waals surface area (Å²) in [6.45, 7) is 0.784. The van der Waals surface area contributed by atoms with Crippen molar-refractivity contribution in [1.82, 2.24) is 20.2 Å². The number of piperidine rings is 1. The number of amidine groups is 1. The number of nitriles is 1. The van der Waals surface area contributed by atoms with Crippen LogP contribution in [0.15, 0.2) is 65.9 Å². The van der Waals surface area contributed by atoms with Gasteiger partial charge in [-0.05, 0) is 42.7 Å². The summed E-state index contributed by atoms with van der Waals surface area (Å²) in [5.74, 6) is -1.47. The van der Waals surface area contributed by atoms with Crippen LogP contribution in [0.25, 0.3) is 0 Å². The zero-order valence-corrected chi connectivity index (χ0v) is 19.2. The molecule has 0 saturated carbocycles. The number of carbonyl (C=O) groups is 1. The number of nitrogens with one attached hydrogen (secondary N) is 1. The molecule has 0 bridgehead atoms. The Morgan fingerprint density at radius 3 is 2.44 bits per heavy atom. The predicted octanol–water partition coefficient (Wildman–Crippen LogP) is 3.02. The Labute approximate surface area is 206 Å². The third-order valence-electron chi connectivity index (χ3n) is 6.09. The number of nitrogens with two attached hydrogens (primary N) is 1. The summed E-state index contributed by atoms with van der Waals surface area (Å²) in [6, 6.07) is 12.4. The summed E-state index contributed by atoms with van der Waals surface area (Å²) in [5, 5.41) is 12.0. The van der Waals surface area contributed by atoms with E-state index in [1.807, 2.05) is 6.07 Å². The molecule has 1 aliphatic rings. The lowest BCUT2D eigenvalue weighted by Gasteiger charge is -2.42. The minimum Gasteiger partial charge on any atom is -0.425 e.